The fraction of sp³-hybridized carbons (Fsp3) is 0.214. The zero-order valence-corrected chi connectivity index (χ0v) is 11.7. The van der Waals surface area contributed by atoms with E-state index in [4.69, 9.17) is 12.2 Å². The molecule has 0 spiro atoms. The van der Waals surface area contributed by atoms with Gasteiger partial charge in [-0.2, -0.15) is 0 Å². The predicted octanol–water partition coefficient (Wildman–Crippen LogP) is 3.15. The maximum Gasteiger partial charge on any atom is 0.179 e. The van der Waals surface area contributed by atoms with Crippen molar-refractivity contribution in [3.8, 4) is 0 Å². The number of aromatic amines is 1. The summed E-state index contributed by atoms with van der Waals surface area (Å²) in [5.41, 5.74) is 5.02. The molecular formula is C14H14N4S. The fourth-order valence-corrected chi connectivity index (χ4v) is 2.42. The summed E-state index contributed by atoms with van der Waals surface area (Å²) in [4.78, 5) is 12.1. The fourth-order valence-electron chi connectivity index (χ4n) is 2.17. The second-order valence-corrected chi connectivity index (χ2v) is 5.00. The van der Waals surface area contributed by atoms with Crippen molar-refractivity contribution in [3.05, 3.63) is 52.2 Å². The highest BCUT2D eigenvalue weighted by Gasteiger charge is 2.08. The van der Waals surface area contributed by atoms with Gasteiger partial charge in [-0.25, -0.2) is 4.98 Å². The van der Waals surface area contributed by atoms with E-state index in [9.17, 15) is 0 Å². The first-order chi connectivity index (χ1) is 9.15. The van der Waals surface area contributed by atoms with Crippen LogP contribution in [0.5, 0.6) is 0 Å². The molecule has 0 bridgehead atoms. The predicted molar refractivity (Wildman–Crippen MR) is 77.7 cm³/mol. The van der Waals surface area contributed by atoms with Crippen molar-refractivity contribution >= 4 is 23.4 Å². The SMILES string of the molecule is Cc1cccc(Cn2c(=S)[nH]c3c(C)ccnc32)n1. The van der Waals surface area contributed by atoms with Gasteiger partial charge >= 0.3 is 0 Å². The molecule has 0 radical (unpaired) electrons. The second-order valence-electron chi connectivity index (χ2n) is 4.61. The maximum atomic E-state index is 5.38. The van der Waals surface area contributed by atoms with Gasteiger partial charge in [0.15, 0.2) is 10.4 Å². The summed E-state index contributed by atoms with van der Waals surface area (Å²) in [5, 5.41) is 0. The van der Waals surface area contributed by atoms with E-state index in [1.165, 1.54) is 0 Å². The lowest BCUT2D eigenvalue weighted by Crippen LogP contribution is -2.03. The van der Waals surface area contributed by atoms with Crippen LogP contribution in [0.25, 0.3) is 11.2 Å². The van der Waals surface area contributed by atoms with Crippen LogP contribution < -0.4 is 0 Å². The van der Waals surface area contributed by atoms with Crippen molar-refractivity contribution in [1.29, 1.82) is 0 Å². The first-order valence-corrected chi connectivity index (χ1v) is 6.52. The van der Waals surface area contributed by atoms with Gasteiger partial charge in [-0.3, -0.25) is 9.55 Å². The minimum atomic E-state index is 0.636. The van der Waals surface area contributed by atoms with Gasteiger partial charge in [-0.1, -0.05) is 6.07 Å². The topological polar surface area (TPSA) is 46.5 Å². The molecule has 0 fully saturated rings. The zero-order valence-electron chi connectivity index (χ0n) is 10.8. The molecule has 3 heterocycles. The van der Waals surface area contributed by atoms with E-state index in [2.05, 4.69) is 15.0 Å². The third-order valence-corrected chi connectivity index (χ3v) is 3.46. The molecule has 4 nitrogen and oxygen atoms in total. The molecule has 1 N–H and O–H groups in total. The average molecular weight is 270 g/mol. The highest BCUT2D eigenvalue weighted by atomic mass is 32.1. The molecule has 0 saturated heterocycles. The third-order valence-electron chi connectivity index (χ3n) is 3.14. The summed E-state index contributed by atoms with van der Waals surface area (Å²) in [7, 11) is 0. The lowest BCUT2D eigenvalue weighted by Gasteiger charge is -2.04. The van der Waals surface area contributed by atoms with Crippen molar-refractivity contribution in [1.82, 2.24) is 19.5 Å². The molecule has 96 valence electrons. The number of fused-ring (bicyclic) bond motifs is 1. The Morgan fingerprint density at radius 3 is 2.89 bits per heavy atom. The van der Waals surface area contributed by atoms with Gasteiger partial charge in [0.05, 0.1) is 17.8 Å². The van der Waals surface area contributed by atoms with E-state index in [-0.39, 0.29) is 0 Å². The molecule has 0 amide bonds. The molecule has 3 rings (SSSR count). The van der Waals surface area contributed by atoms with Crippen molar-refractivity contribution in [3.63, 3.8) is 0 Å². The van der Waals surface area contributed by atoms with Crippen LogP contribution in [0.2, 0.25) is 0 Å². The number of aryl methyl sites for hydroxylation is 2. The number of nitrogens with one attached hydrogen (secondary N) is 1. The standard InChI is InChI=1S/C14H14N4S/c1-9-6-7-15-13-12(9)17-14(19)18(13)8-11-5-3-4-10(2)16-11/h3-7H,8H2,1-2H3,(H,17,19). The summed E-state index contributed by atoms with van der Waals surface area (Å²) in [6.07, 6.45) is 1.81. The number of rotatable bonds is 2. The van der Waals surface area contributed by atoms with E-state index in [1.807, 2.05) is 42.7 Å². The van der Waals surface area contributed by atoms with Crippen LogP contribution in [-0.4, -0.2) is 19.5 Å². The second kappa shape index (κ2) is 4.59. The molecule has 0 unspecified atom stereocenters. The number of imidazole rings is 1. The number of H-pyrrole nitrogens is 1. The van der Waals surface area contributed by atoms with E-state index in [0.717, 1.165) is 28.1 Å². The summed E-state index contributed by atoms with van der Waals surface area (Å²) >= 11 is 5.38. The molecule has 0 aliphatic carbocycles. The molecular weight excluding hydrogens is 256 g/mol. The van der Waals surface area contributed by atoms with Gasteiger partial charge < -0.3 is 4.98 Å². The van der Waals surface area contributed by atoms with Gasteiger partial charge in [-0.15, -0.1) is 0 Å². The van der Waals surface area contributed by atoms with Crippen LogP contribution in [0.3, 0.4) is 0 Å². The van der Waals surface area contributed by atoms with Crippen molar-refractivity contribution in [2.45, 2.75) is 20.4 Å². The first-order valence-electron chi connectivity index (χ1n) is 6.12. The molecule has 0 aliphatic heterocycles. The number of hydrogen-bond acceptors (Lipinski definition) is 3. The lowest BCUT2D eigenvalue weighted by molar-refractivity contribution is 0.773. The van der Waals surface area contributed by atoms with Crippen molar-refractivity contribution in [2.24, 2.45) is 0 Å². The largest absolute Gasteiger partial charge is 0.329 e. The van der Waals surface area contributed by atoms with Crippen LogP contribution in [0.1, 0.15) is 17.0 Å². The smallest absolute Gasteiger partial charge is 0.179 e. The van der Waals surface area contributed by atoms with Crippen LogP contribution >= 0.6 is 12.2 Å². The molecule has 0 aromatic carbocycles. The van der Waals surface area contributed by atoms with Crippen molar-refractivity contribution in [2.75, 3.05) is 0 Å². The van der Waals surface area contributed by atoms with Gasteiger partial charge in [0.1, 0.15) is 0 Å². The Labute approximate surface area is 116 Å². The monoisotopic (exact) mass is 270 g/mol. The summed E-state index contributed by atoms with van der Waals surface area (Å²) in [5.74, 6) is 0. The summed E-state index contributed by atoms with van der Waals surface area (Å²) < 4.78 is 2.67. The quantitative estimate of drug-likeness (QED) is 0.728. The Morgan fingerprint density at radius 2 is 2.11 bits per heavy atom. The average Bonchev–Trinajstić information content (AvgIpc) is 2.69. The molecule has 3 aromatic rings. The van der Waals surface area contributed by atoms with E-state index < -0.39 is 0 Å². The van der Waals surface area contributed by atoms with Gasteiger partial charge in [0.25, 0.3) is 0 Å². The van der Waals surface area contributed by atoms with Crippen LogP contribution in [0.4, 0.5) is 0 Å². The van der Waals surface area contributed by atoms with Crippen LogP contribution in [0.15, 0.2) is 30.5 Å². The summed E-state index contributed by atoms with van der Waals surface area (Å²) in [6, 6.07) is 7.97. The zero-order chi connectivity index (χ0) is 13.4. The Hall–Kier alpha value is -2.01. The highest BCUT2D eigenvalue weighted by Crippen LogP contribution is 2.16. The van der Waals surface area contributed by atoms with Gasteiger partial charge in [-0.05, 0) is 49.8 Å². The number of aromatic nitrogens is 4. The summed E-state index contributed by atoms with van der Waals surface area (Å²) in [6.45, 7) is 4.67. The molecule has 0 aliphatic rings. The van der Waals surface area contributed by atoms with Crippen LogP contribution in [0, 0.1) is 18.6 Å². The highest BCUT2D eigenvalue weighted by molar-refractivity contribution is 7.71. The Bertz CT molecular complexity index is 801. The Balaban J connectivity index is 2.13. The van der Waals surface area contributed by atoms with Crippen LogP contribution in [-0.2, 0) is 6.54 Å². The molecule has 0 atom stereocenters. The number of hydrogen-bond donors (Lipinski definition) is 1. The molecule has 3 aromatic heterocycles. The lowest BCUT2D eigenvalue weighted by atomic mass is 10.2. The third kappa shape index (κ3) is 2.17. The normalized spacial score (nSPS) is 11.1. The van der Waals surface area contributed by atoms with E-state index >= 15 is 0 Å². The Kier molecular flexibility index (Phi) is 2.91. The molecule has 0 saturated carbocycles. The van der Waals surface area contributed by atoms with Crippen molar-refractivity contribution < 1.29 is 0 Å². The van der Waals surface area contributed by atoms with E-state index in [1.54, 1.807) is 6.20 Å². The minimum absolute atomic E-state index is 0.636. The number of nitrogens with zero attached hydrogens (tertiary/aromatic N) is 3. The first kappa shape index (κ1) is 12.0. The maximum absolute atomic E-state index is 5.38. The molecule has 19 heavy (non-hydrogen) atoms. The van der Waals surface area contributed by atoms with Gasteiger partial charge in [0.2, 0.25) is 0 Å². The minimum Gasteiger partial charge on any atom is -0.329 e. The number of pyridine rings is 2. The Morgan fingerprint density at radius 1 is 1.26 bits per heavy atom. The van der Waals surface area contributed by atoms with Gasteiger partial charge in [0, 0.05) is 11.9 Å². The van der Waals surface area contributed by atoms with E-state index in [0.29, 0.717) is 11.3 Å². The molecule has 5 heteroatoms.